The lowest BCUT2D eigenvalue weighted by Crippen LogP contribution is -1.99. The summed E-state index contributed by atoms with van der Waals surface area (Å²) in [6.45, 7) is 3.25. The van der Waals surface area contributed by atoms with Crippen molar-refractivity contribution >= 4 is 6.29 Å². The summed E-state index contributed by atoms with van der Waals surface area (Å²) in [5.41, 5.74) is 3.37. The van der Waals surface area contributed by atoms with Crippen molar-refractivity contribution in [3.8, 4) is 16.9 Å². The van der Waals surface area contributed by atoms with Crippen molar-refractivity contribution in [1.82, 2.24) is 9.78 Å². The van der Waals surface area contributed by atoms with Crippen LogP contribution in [0.3, 0.4) is 0 Å². The van der Waals surface area contributed by atoms with Gasteiger partial charge >= 0.3 is 0 Å². The first-order chi connectivity index (χ1) is 11.3. The number of nitrogens with zero attached hydrogens (tertiary/aromatic N) is 2. The molecule has 4 nitrogen and oxygen atoms in total. The fourth-order valence-electron chi connectivity index (χ4n) is 2.45. The number of carbonyl (C=O) groups is 1. The number of hydrogen-bond donors (Lipinski definition) is 0. The van der Waals surface area contributed by atoms with E-state index in [1.807, 2.05) is 66.3 Å². The molecule has 4 heteroatoms. The molecule has 0 aliphatic carbocycles. The maximum absolute atomic E-state index is 11.6. The Labute approximate surface area is 135 Å². The number of ether oxygens (including phenoxy) is 1. The molecule has 0 aliphatic heterocycles. The molecular weight excluding hydrogens is 288 g/mol. The average Bonchev–Trinajstić information content (AvgIpc) is 3.09. The summed E-state index contributed by atoms with van der Waals surface area (Å²) in [4.78, 5) is 11.6. The number of carbonyl (C=O) groups excluding carboxylic acids is 1. The molecule has 0 atom stereocenters. The third kappa shape index (κ3) is 3.31. The van der Waals surface area contributed by atoms with Crippen LogP contribution in [0.4, 0.5) is 0 Å². The van der Waals surface area contributed by atoms with Crippen LogP contribution < -0.4 is 4.74 Å². The molecule has 0 spiro atoms. The minimum Gasteiger partial charge on any atom is -0.488 e. The van der Waals surface area contributed by atoms with E-state index in [1.54, 1.807) is 6.20 Å². The molecule has 3 aromatic rings. The lowest BCUT2D eigenvalue weighted by Gasteiger charge is -2.11. The van der Waals surface area contributed by atoms with Gasteiger partial charge in [0, 0.05) is 18.3 Å². The monoisotopic (exact) mass is 306 g/mol. The highest BCUT2D eigenvalue weighted by molar-refractivity contribution is 5.90. The second-order valence-corrected chi connectivity index (χ2v) is 5.19. The summed E-state index contributed by atoms with van der Waals surface area (Å²) in [7, 11) is 0. The van der Waals surface area contributed by atoms with Crippen LogP contribution in [0.5, 0.6) is 5.75 Å². The van der Waals surface area contributed by atoms with Crippen molar-refractivity contribution in [3.63, 3.8) is 0 Å². The van der Waals surface area contributed by atoms with Gasteiger partial charge in [0.1, 0.15) is 12.4 Å². The lowest BCUT2D eigenvalue weighted by atomic mass is 10.0. The Kier molecular flexibility index (Phi) is 4.52. The van der Waals surface area contributed by atoms with Crippen LogP contribution in [0.25, 0.3) is 11.1 Å². The number of rotatable bonds is 6. The first-order valence-corrected chi connectivity index (χ1v) is 7.59. The van der Waals surface area contributed by atoms with Crippen molar-refractivity contribution in [1.29, 1.82) is 0 Å². The quantitative estimate of drug-likeness (QED) is 0.647. The molecule has 0 saturated carbocycles. The first kappa shape index (κ1) is 15.0. The topological polar surface area (TPSA) is 44.1 Å². The van der Waals surface area contributed by atoms with Crippen molar-refractivity contribution < 1.29 is 9.53 Å². The van der Waals surface area contributed by atoms with Crippen LogP contribution in [-0.4, -0.2) is 16.1 Å². The zero-order valence-electron chi connectivity index (χ0n) is 13.0. The van der Waals surface area contributed by atoms with Gasteiger partial charge in [0.25, 0.3) is 0 Å². The van der Waals surface area contributed by atoms with Gasteiger partial charge in [0.2, 0.25) is 0 Å². The van der Waals surface area contributed by atoms with Gasteiger partial charge in [0.15, 0.2) is 6.29 Å². The van der Waals surface area contributed by atoms with Gasteiger partial charge in [-0.05, 0) is 24.1 Å². The van der Waals surface area contributed by atoms with Gasteiger partial charge in [-0.3, -0.25) is 9.48 Å². The second kappa shape index (κ2) is 6.92. The Hall–Kier alpha value is -2.88. The highest BCUT2D eigenvalue weighted by Crippen LogP contribution is 2.29. The minimum absolute atomic E-state index is 0.430. The summed E-state index contributed by atoms with van der Waals surface area (Å²) in [6, 6.07) is 15.5. The van der Waals surface area contributed by atoms with Crippen LogP contribution in [0, 0.1) is 0 Å². The predicted octanol–water partition coefficient (Wildman–Crippen LogP) is 3.96. The molecule has 0 unspecified atom stereocenters. The van der Waals surface area contributed by atoms with E-state index >= 15 is 0 Å². The van der Waals surface area contributed by atoms with E-state index < -0.39 is 0 Å². The number of aldehydes is 1. The molecule has 0 saturated heterocycles. The molecule has 116 valence electrons. The third-order valence-corrected chi connectivity index (χ3v) is 3.69. The van der Waals surface area contributed by atoms with E-state index in [1.165, 1.54) is 0 Å². The number of aryl methyl sites for hydroxylation is 1. The summed E-state index contributed by atoms with van der Waals surface area (Å²) >= 11 is 0. The molecule has 0 aliphatic rings. The maximum atomic E-state index is 11.6. The van der Waals surface area contributed by atoms with Crippen LogP contribution in [0.15, 0.2) is 60.9 Å². The van der Waals surface area contributed by atoms with E-state index in [9.17, 15) is 4.79 Å². The smallest absolute Gasteiger partial charge is 0.154 e. The highest BCUT2D eigenvalue weighted by atomic mass is 16.5. The fourth-order valence-corrected chi connectivity index (χ4v) is 2.45. The van der Waals surface area contributed by atoms with Gasteiger partial charge < -0.3 is 4.74 Å². The van der Waals surface area contributed by atoms with Gasteiger partial charge in [-0.25, -0.2) is 0 Å². The average molecular weight is 306 g/mol. The summed E-state index contributed by atoms with van der Waals surface area (Å²) in [6.07, 6.45) is 4.55. The van der Waals surface area contributed by atoms with Crippen LogP contribution in [0.1, 0.15) is 22.8 Å². The number of aromatic nitrogens is 2. The highest BCUT2D eigenvalue weighted by Gasteiger charge is 2.12. The number of hydrogen-bond acceptors (Lipinski definition) is 3. The Morgan fingerprint density at radius 3 is 2.65 bits per heavy atom. The molecule has 1 aromatic heterocycles. The molecule has 0 N–H and O–H groups in total. The zero-order chi connectivity index (χ0) is 16.1. The van der Waals surface area contributed by atoms with Crippen molar-refractivity contribution in [2.75, 3.05) is 0 Å². The molecule has 0 fully saturated rings. The maximum Gasteiger partial charge on any atom is 0.154 e. The molecule has 0 amide bonds. The largest absolute Gasteiger partial charge is 0.488 e. The van der Waals surface area contributed by atoms with Crippen LogP contribution in [-0.2, 0) is 13.2 Å². The van der Waals surface area contributed by atoms with Crippen molar-refractivity contribution in [2.24, 2.45) is 0 Å². The normalized spacial score (nSPS) is 10.5. The van der Waals surface area contributed by atoms with E-state index in [4.69, 9.17) is 4.74 Å². The molecule has 2 aromatic carbocycles. The standard InChI is InChI=1S/C19H18N2O2/c1-2-21-12-16(11-20-21)17-9-6-10-19(18(17)13-22)23-14-15-7-4-3-5-8-15/h3-13H,2,14H2,1H3. The molecule has 0 bridgehead atoms. The molecular formula is C19H18N2O2. The fraction of sp³-hybridized carbons (Fsp3) is 0.158. The summed E-state index contributed by atoms with van der Waals surface area (Å²) < 4.78 is 7.69. The second-order valence-electron chi connectivity index (χ2n) is 5.19. The predicted molar refractivity (Wildman–Crippen MR) is 89.5 cm³/mol. The molecule has 3 rings (SSSR count). The SMILES string of the molecule is CCn1cc(-c2cccc(OCc3ccccc3)c2C=O)cn1. The van der Waals surface area contributed by atoms with Crippen molar-refractivity contribution in [2.45, 2.75) is 20.1 Å². The van der Waals surface area contributed by atoms with Crippen molar-refractivity contribution in [3.05, 3.63) is 72.1 Å². The van der Waals surface area contributed by atoms with E-state index in [-0.39, 0.29) is 0 Å². The Morgan fingerprint density at radius 2 is 1.96 bits per heavy atom. The van der Waals surface area contributed by atoms with Gasteiger partial charge in [0.05, 0.1) is 11.8 Å². The lowest BCUT2D eigenvalue weighted by molar-refractivity contribution is 0.111. The van der Waals surface area contributed by atoms with Crippen LogP contribution in [0.2, 0.25) is 0 Å². The van der Waals surface area contributed by atoms with Gasteiger partial charge in [-0.2, -0.15) is 5.10 Å². The zero-order valence-corrected chi connectivity index (χ0v) is 13.0. The van der Waals surface area contributed by atoms with E-state index in [0.717, 1.165) is 29.5 Å². The number of benzene rings is 2. The summed E-state index contributed by atoms with van der Waals surface area (Å²) in [5, 5.41) is 4.27. The Balaban J connectivity index is 1.89. The Bertz CT molecular complexity index is 794. The van der Waals surface area contributed by atoms with Gasteiger partial charge in [-0.1, -0.05) is 42.5 Å². The molecule has 0 radical (unpaired) electrons. The third-order valence-electron chi connectivity index (χ3n) is 3.69. The minimum atomic E-state index is 0.430. The van der Waals surface area contributed by atoms with Gasteiger partial charge in [-0.15, -0.1) is 0 Å². The Morgan fingerprint density at radius 1 is 1.13 bits per heavy atom. The molecule has 23 heavy (non-hydrogen) atoms. The van der Waals surface area contributed by atoms with E-state index in [0.29, 0.717) is 17.9 Å². The molecule has 1 heterocycles. The summed E-state index contributed by atoms with van der Waals surface area (Å²) in [5.74, 6) is 0.589. The van der Waals surface area contributed by atoms with E-state index in [2.05, 4.69) is 5.10 Å². The van der Waals surface area contributed by atoms with Crippen LogP contribution >= 0.6 is 0 Å². The first-order valence-electron chi connectivity index (χ1n) is 7.59.